The fourth-order valence-electron chi connectivity index (χ4n) is 2.25. The van der Waals surface area contributed by atoms with Crippen molar-refractivity contribution in [2.24, 2.45) is 0 Å². The molecule has 0 saturated heterocycles. The molecule has 0 aliphatic carbocycles. The van der Waals surface area contributed by atoms with Crippen LogP contribution >= 0.6 is 22.6 Å². The highest BCUT2D eigenvalue weighted by Crippen LogP contribution is 2.21. The number of sulfonamides is 1. The van der Waals surface area contributed by atoms with E-state index in [1.807, 2.05) is 0 Å². The molecule has 0 saturated carbocycles. The molecular formula is C16H16IN3O6S. The van der Waals surface area contributed by atoms with Crippen LogP contribution in [0.25, 0.3) is 0 Å². The molecule has 11 heteroatoms. The third kappa shape index (κ3) is 5.69. The first-order chi connectivity index (χ1) is 12.7. The molecular weight excluding hydrogens is 489 g/mol. The summed E-state index contributed by atoms with van der Waals surface area (Å²) in [7, 11) is -3.91. The summed E-state index contributed by atoms with van der Waals surface area (Å²) in [6, 6.07) is 11.7. The van der Waals surface area contributed by atoms with E-state index in [0.717, 1.165) is 7.88 Å². The van der Waals surface area contributed by atoms with Crippen LogP contribution in [0.1, 0.15) is 12.0 Å². The number of carbonyl (C=O) groups excluding carboxylic acids is 1. The molecule has 2 aromatic carbocycles. The number of nitrogens with one attached hydrogen (secondary N) is 1. The molecule has 0 radical (unpaired) electrons. The first-order valence-electron chi connectivity index (χ1n) is 7.66. The molecule has 0 bridgehead atoms. The predicted molar refractivity (Wildman–Crippen MR) is 104 cm³/mol. The lowest BCUT2D eigenvalue weighted by Gasteiger charge is -2.22. The quantitative estimate of drug-likeness (QED) is 0.245. The first kappa shape index (κ1) is 21.2. The number of nitro benzene ring substituents is 1. The summed E-state index contributed by atoms with van der Waals surface area (Å²) in [6.07, 6.45) is -0.243. The molecule has 144 valence electrons. The molecule has 0 fully saturated rings. The van der Waals surface area contributed by atoms with E-state index in [-0.39, 0.29) is 30.1 Å². The summed E-state index contributed by atoms with van der Waals surface area (Å²) in [5, 5.41) is 19.4. The molecule has 2 aromatic rings. The number of benzene rings is 2. The van der Waals surface area contributed by atoms with Gasteiger partial charge in [-0.1, -0.05) is 12.1 Å². The minimum atomic E-state index is -3.91. The van der Waals surface area contributed by atoms with Crippen LogP contribution in [0.4, 0.5) is 5.69 Å². The summed E-state index contributed by atoms with van der Waals surface area (Å²) in [4.78, 5) is 21.6. The normalized spacial score (nSPS) is 11.4. The highest BCUT2D eigenvalue weighted by molar-refractivity contribution is 14.1. The molecule has 1 amide bonds. The molecule has 0 heterocycles. The third-order valence-electron chi connectivity index (χ3n) is 3.67. The Balaban J connectivity index is 2.30. The fourth-order valence-corrected chi connectivity index (χ4v) is 4.04. The van der Waals surface area contributed by atoms with Crippen LogP contribution in [-0.2, 0) is 21.4 Å². The number of nitrogens with zero attached hydrogens (tertiary/aromatic N) is 2. The van der Waals surface area contributed by atoms with Crippen LogP contribution in [0.2, 0.25) is 0 Å². The van der Waals surface area contributed by atoms with Crippen molar-refractivity contribution in [1.82, 2.24) is 9.79 Å². The number of hydroxylamine groups is 1. The van der Waals surface area contributed by atoms with Gasteiger partial charge in [-0.3, -0.25) is 20.1 Å². The van der Waals surface area contributed by atoms with Gasteiger partial charge in [-0.25, -0.2) is 13.9 Å². The van der Waals surface area contributed by atoms with Gasteiger partial charge in [0.25, 0.3) is 5.69 Å². The largest absolute Gasteiger partial charge is 0.289 e. The Hall–Kier alpha value is -2.09. The molecule has 0 unspecified atom stereocenters. The van der Waals surface area contributed by atoms with E-state index in [2.05, 4.69) is 22.6 Å². The Morgan fingerprint density at radius 2 is 1.74 bits per heavy atom. The Morgan fingerprint density at radius 1 is 1.15 bits per heavy atom. The van der Waals surface area contributed by atoms with Crippen molar-refractivity contribution >= 4 is 44.2 Å². The van der Waals surface area contributed by atoms with Crippen molar-refractivity contribution in [3.63, 3.8) is 0 Å². The molecule has 27 heavy (non-hydrogen) atoms. The zero-order valence-corrected chi connectivity index (χ0v) is 16.9. The summed E-state index contributed by atoms with van der Waals surface area (Å²) >= 11 is 2.06. The van der Waals surface area contributed by atoms with Gasteiger partial charge >= 0.3 is 0 Å². The number of nitro groups is 1. The van der Waals surface area contributed by atoms with Crippen LogP contribution in [0.3, 0.4) is 0 Å². The SMILES string of the molecule is O=C(CCN(Cc1ccc([N+](=O)[O-])cc1)S(=O)(=O)c1ccc(I)cc1)NO. The zero-order valence-electron chi connectivity index (χ0n) is 13.9. The number of hydrogen-bond acceptors (Lipinski definition) is 6. The van der Waals surface area contributed by atoms with E-state index in [9.17, 15) is 23.3 Å². The van der Waals surface area contributed by atoms with Gasteiger partial charge in [0.1, 0.15) is 0 Å². The average Bonchev–Trinajstić information content (AvgIpc) is 2.65. The number of carbonyl (C=O) groups is 1. The summed E-state index contributed by atoms with van der Waals surface area (Å²) in [5.41, 5.74) is 1.89. The minimum absolute atomic E-state index is 0.0641. The van der Waals surface area contributed by atoms with Gasteiger partial charge in [0.15, 0.2) is 0 Å². The Labute approximate surface area is 169 Å². The van der Waals surface area contributed by atoms with Gasteiger partial charge < -0.3 is 0 Å². The van der Waals surface area contributed by atoms with Gasteiger partial charge in [-0.05, 0) is 52.4 Å². The van der Waals surface area contributed by atoms with Crippen molar-refractivity contribution in [2.75, 3.05) is 6.54 Å². The van der Waals surface area contributed by atoms with E-state index < -0.39 is 20.9 Å². The molecule has 0 aliphatic rings. The summed E-state index contributed by atoms with van der Waals surface area (Å²) in [6.45, 7) is -0.247. The molecule has 9 nitrogen and oxygen atoms in total. The van der Waals surface area contributed by atoms with E-state index >= 15 is 0 Å². The second-order valence-corrected chi connectivity index (χ2v) is 8.68. The van der Waals surface area contributed by atoms with E-state index in [1.54, 1.807) is 12.1 Å². The van der Waals surface area contributed by atoms with E-state index in [4.69, 9.17) is 5.21 Å². The lowest BCUT2D eigenvalue weighted by Crippen LogP contribution is -2.34. The van der Waals surface area contributed by atoms with Crippen LogP contribution < -0.4 is 5.48 Å². The number of non-ortho nitro benzene ring substituents is 1. The van der Waals surface area contributed by atoms with Crippen LogP contribution in [0.5, 0.6) is 0 Å². The monoisotopic (exact) mass is 505 g/mol. The summed E-state index contributed by atoms with van der Waals surface area (Å²) in [5.74, 6) is -0.721. The second-order valence-electron chi connectivity index (χ2n) is 5.50. The molecule has 0 aliphatic heterocycles. The second kappa shape index (κ2) is 9.21. The van der Waals surface area contributed by atoms with E-state index in [0.29, 0.717) is 5.56 Å². The number of amides is 1. The Kier molecular flexibility index (Phi) is 7.24. The van der Waals surface area contributed by atoms with Crippen LogP contribution in [-0.4, -0.2) is 35.3 Å². The van der Waals surface area contributed by atoms with Gasteiger partial charge in [-0.15, -0.1) is 0 Å². The number of hydrogen-bond donors (Lipinski definition) is 2. The van der Waals surface area contributed by atoms with Gasteiger partial charge in [0.05, 0.1) is 9.82 Å². The number of halogens is 1. The number of rotatable bonds is 8. The molecule has 0 atom stereocenters. The Bertz CT molecular complexity index is 916. The maximum Gasteiger partial charge on any atom is 0.269 e. The lowest BCUT2D eigenvalue weighted by molar-refractivity contribution is -0.384. The van der Waals surface area contributed by atoms with Gasteiger partial charge in [0.2, 0.25) is 15.9 Å². The molecule has 2 N–H and O–H groups in total. The van der Waals surface area contributed by atoms with Crippen LogP contribution in [0.15, 0.2) is 53.4 Å². The van der Waals surface area contributed by atoms with Crippen molar-refractivity contribution < 1.29 is 23.3 Å². The maximum absolute atomic E-state index is 12.9. The van der Waals surface area contributed by atoms with Crippen molar-refractivity contribution in [3.05, 3.63) is 67.8 Å². The topological polar surface area (TPSA) is 130 Å². The third-order valence-corrected chi connectivity index (χ3v) is 6.25. The molecule has 0 spiro atoms. The van der Waals surface area contributed by atoms with Gasteiger partial charge in [0, 0.05) is 35.2 Å². The van der Waals surface area contributed by atoms with Crippen molar-refractivity contribution in [2.45, 2.75) is 17.9 Å². The predicted octanol–water partition coefficient (Wildman–Crippen LogP) is 2.29. The maximum atomic E-state index is 12.9. The average molecular weight is 505 g/mol. The summed E-state index contributed by atoms with van der Waals surface area (Å²) < 4.78 is 27.8. The van der Waals surface area contributed by atoms with E-state index in [1.165, 1.54) is 41.9 Å². The smallest absolute Gasteiger partial charge is 0.269 e. The highest BCUT2D eigenvalue weighted by Gasteiger charge is 2.25. The first-order valence-corrected chi connectivity index (χ1v) is 10.2. The fraction of sp³-hybridized carbons (Fsp3) is 0.188. The molecule has 0 aromatic heterocycles. The zero-order chi connectivity index (χ0) is 20.0. The highest BCUT2D eigenvalue weighted by atomic mass is 127. The standard InChI is InChI=1S/C16H16IN3O6S/c17-13-3-7-15(8-4-13)27(25,26)19(10-9-16(21)18-22)11-12-1-5-14(6-2-12)20(23)24/h1-8,22H,9-11H2,(H,18,21). The Morgan fingerprint density at radius 3 is 2.26 bits per heavy atom. The van der Waals surface area contributed by atoms with Crippen LogP contribution in [0, 0.1) is 13.7 Å². The van der Waals surface area contributed by atoms with Crippen molar-refractivity contribution in [3.8, 4) is 0 Å². The van der Waals surface area contributed by atoms with Gasteiger partial charge in [-0.2, -0.15) is 4.31 Å². The minimum Gasteiger partial charge on any atom is -0.289 e. The lowest BCUT2D eigenvalue weighted by atomic mass is 10.2. The van der Waals surface area contributed by atoms with Crippen molar-refractivity contribution in [1.29, 1.82) is 0 Å². The molecule has 2 rings (SSSR count).